The number of amides is 1. The number of carboxylic acid groups (broad SMARTS) is 1. The predicted octanol–water partition coefficient (Wildman–Crippen LogP) is 1.39. The third kappa shape index (κ3) is 7.76. The van der Waals surface area contributed by atoms with E-state index in [0.717, 1.165) is 4.90 Å². The third-order valence-corrected chi connectivity index (χ3v) is 4.82. The smallest absolute Gasteiger partial charge is 0.466 e. The molecule has 1 aliphatic heterocycles. The van der Waals surface area contributed by atoms with Crippen LogP contribution < -0.4 is 5.73 Å². The van der Waals surface area contributed by atoms with Crippen LogP contribution in [0.2, 0.25) is 0 Å². The lowest BCUT2D eigenvalue weighted by atomic mass is 10.0. The molecule has 200 valence electrons. The molecule has 36 heavy (non-hydrogen) atoms. The zero-order chi connectivity index (χ0) is 27.6. The Bertz CT molecular complexity index is 1190. The number of aromatic nitrogens is 2. The molecule has 11 nitrogen and oxygen atoms in total. The average Bonchev–Trinajstić information content (AvgIpc) is 3.10. The van der Waals surface area contributed by atoms with E-state index in [4.69, 9.17) is 30.1 Å². The minimum Gasteiger partial charge on any atom is -0.476 e. The highest BCUT2D eigenvalue weighted by Crippen LogP contribution is 2.32. The standard InChI is InChI=1S/C18H16F6N4O3.H3O4P/c19-10-6-12(21)11(20)4-8(10)3-9(25)5-14(29)27-1-2-28-13(7-27)15(16(30)31)26-17(28)18(22,23)24;1-5(2,3)4/h4,6,9H,1-3,5,7,25H2,(H,30,31);(H3,1,2,3,4)/t9-;/m1./s1. The Hall–Kier alpha value is -2.98. The van der Waals surface area contributed by atoms with Crippen LogP contribution >= 0.6 is 7.82 Å². The van der Waals surface area contributed by atoms with Gasteiger partial charge in [0.05, 0.1) is 12.2 Å². The first-order valence-electron chi connectivity index (χ1n) is 9.73. The summed E-state index contributed by atoms with van der Waals surface area (Å²) in [5.74, 6) is -7.33. The molecule has 18 heteroatoms. The topological polar surface area (TPSA) is 179 Å². The van der Waals surface area contributed by atoms with Gasteiger partial charge >= 0.3 is 20.0 Å². The largest absolute Gasteiger partial charge is 0.476 e. The van der Waals surface area contributed by atoms with Crippen LogP contribution in [0.15, 0.2) is 12.1 Å². The Balaban J connectivity index is 0.000000830. The van der Waals surface area contributed by atoms with Gasteiger partial charge in [-0.3, -0.25) is 4.79 Å². The number of carbonyl (C=O) groups excluding carboxylic acids is 1. The van der Waals surface area contributed by atoms with E-state index < -0.39 is 67.4 Å². The summed E-state index contributed by atoms with van der Waals surface area (Å²) in [5, 5.41) is 9.16. The molecule has 0 fully saturated rings. The van der Waals surface area contributed by atoms with Gasteiger partial charge in [-0.2, -0.15) is 13.2 Å². The number of hydrogen-bond acceptors (Lipinski definition) is 5. The number of aromatic carboxylic acids is 1. The van der Waals surface area contributed by atoms with Gasteiger partial charge in [-0.1, -0.05) is 0 Å². The fourth-order valence-corrected chi connectivity index (χ4v) is 3.40. The molecule has 0 aliphatic carbocycles. The number of phosphoric acid groups is 1. The molecule has 2 aromatic rings. The van der Waals surface area contributed by atoms with E-state index in [9.17, 15) is 35.9 Å². The molecule has 6 N–H and O–H groups in total. The number of imidazole rings is 1. The maximum absolute atomic E-state index is 13.8. The van der Waals surface area contributed by atoms with E-state index in [1.165, 1.54) is 0 Å². The fourth-order valence-electron chi connectivity index (χ4n) is 3.40. The van der Waals surface area contributed by atoms with Crippen LogP contribution in [0.5, 0.6) is 0 Å². The van der Waals surface area contributed by atoms with Crippen molar-refractivity contribution in [2.24, 2.45) is 5.73 Å². The zero-order valence-corrected chi connectivity index (χ0v) is 18.8. The van der Waals surface area contributed by atoms with Gasteiger partial charge in [-0.25, -0.2) is 27.5 Å². The Morgan fingerprint density at radius 2 is 1.64 bits per heavy atom. The summed E-state index contributed by atoms with van der Waals surface area (Å²) in [6.45, 7) is -0.921. The number of hydrogen-bond donors (Lipinski definition) is 5. The van der Waals surface area contributed by atoms with Crippen molar-refractivity contribution in [3.63, 3.8) is 0 Å². The molecule has 3 rings (SSSR count). The van der Waals surface area contributed by atoms with E-state index in [0.29, 0.717) is 16.7 Å². The lowest BCUT2D eigenvalue weighted by Gasteiger charge is -2.30. The number of nitrogens with two attached hydrogens (primary N) is 1. The van der Waals surface area contributed by atoms with E-state index in [2.05, 4.69) is 4.98 Å². The van der Waals surface area contributed by atoms with Gasteiger partial charge in [0.2, 0.25) is 11.7 Å². The van der Waals surface area contributed by atoms with Crippen LogP contribution in [0.1, 0.15) is 34.0 Å². The number of halogens is 6. The molecule has 0 saturated carbocycles. The molecule has 2 heterocycles. The molecular weight excluding hydrogens is 529 g/mol. The number of carbonyl (C=O) groups is 2. The average molecular weight is 548 g/mol. The summed E-state index contributed by atoms with van der Waals surface area (Å²) in [7, 11) is -4.64. The van der Waals surface area contributed by atoms with Gasteiger partial charge in [0.1, 0.15) is 5.82 Å². The summed E-state index contributed by atoms with van der Waals surface area (Å²) < 4.78 is 89.0. The van der Waals surface area contributed by atoms with Crippen molar-refractivity contribution in [1.82, 2.24) is 14.5 Å². The molecule has 0 bridgehead atoms. The van der Waals surface area contributed by atoms with Crippen molar-refractivity contribution in [3.05, 3.63) is 52.4 Å². The van der Waals surface area contributed by atoms with Crippen LogP contribution in [0.4, 0.5) is 26.3 Å². The van der Waals surface area contributed by atoms with E-state index >= 15 is 0 Å². The maximum Gasteiger partial charge on any atom is 0.466 e. The van der Waals surface area contributed by atoms with Crippen molar-refractivity contribution in [3.8, 4) is 0 Å². The molecule has 0 unspecified atom stereocenters. The summed E-state index contributed by atoms with van der Waals surface area (Å²) in [6.07, 6.45) is -5.54. The number of alkyl halides is 3. The van der Waals surface area contributed by atoms with Gasteiger partial charge in [0.15, 0.2) is 17.3 Å². The van der Waals surface area contributed by atoms with Crippen LogP contribution in [-0.2, 0) is 35.0 Å². The lowest BCUT2D eigenvalue weighted by molar-refractivity contribution is -0.148. The number of fused-ring (bicyclic) bond motifs is 1. The second-order valence-corrected chi connectivity index (χ2v) is 8.57. The van der Waals surface area contributed by atoms with Crippen LogP contribution in [0, 0.1) is 17.5 Å². The molecular formula is C18H19F6N4O7P. The van der Waals surface area contributed by atoms with E-state index in [1.807, 2.05) is 0 Å². The highest BCUT2D eigenvalue weighted by atomic mass is 31.2. The van der Waals surface area contributed by atoms with Gasteiger partial charge in [0.25, 0.3) is 0 Å². The molecule has 0 radical (unpaired) electrons. The molecule has 0 saturated heterocycles. The normalized spacial score (nSPS) is 14.6. The predicted molar refractivity (Wildman–Crippen MR) is 106 cm³/mol. The first-order valence-corrected chi connectivity index (χ1v) is 11.3. The number of carboxylic acids is 1. The SMILES string of the molecule is N[C@@H](CC(=O)N1CCn2c(C(F)(F)F)nc(C(=O)O)c2C1)Cc1cc(F)c(F)cc1F.O=P(O)(O)O. The highest BCUT2D eigenvalue weighted by molar-refractivity contribution is 7.45. The monoisotopic (exact) mass is 548 g/mol. The highest BCUT2D eigenvalue weighted by Gasteiger charge is 2.41. The van der Waals surface area contributed by atoms with Crippen LogP contribution in [-0.4, -0.2) is 58.7 Å². The van der Waals surface area contributed by atoms with Crippen LogP contribution in [0.3, 0.4) is 0 Å². The zero-order valence-electron chi connectivity index (χ0n) is 17.9. The molecule has 1 aromatic heterocycles. The minimum atomic E-state index is -4.87. The Morgan fingerprint density at radius 3 is 2.17 bits per heavy atom. The molecule has 1 aromatic carbocycles. The summed E-state index contributed by atoms with van der Waals surface area (Å²) in [5.41, 5.74) is 4.49. The molecule has 0 spiro atoms. The Morgan fingerprint density at radius 1 is 1.08 bits per heavy atom. The second kappa shape index (κ2) is 11.0. The van der Waals surface area contributed by atoms with Crippen LogP contribution in [0.25, 0.3) is 0 Å². The first-order chi connectivity index (χ1) is 16.4. The van der Waals surface area contributed by atoms with Gasteiger partial charge < -0.3 is 35.0 Å². The summed E-state index contributed by atoms with van der Waals surface area (Å²) in [4.78, 5) is 49.7. The van der Waals surface area contributed by atoms with Crippen molar-refractivity contribution in [2.75, 3.05) is 6.54 Å². The third-order valence-electron chi connectivity index (χ3n) is 4.82. The van der Waals surface area contributed by atoms with Crippen molar-refractivity contribution in [1.29, 1.82) is 0 Å². The number of benzene rings is 1. The van der Waals surface area contributed by atoms with Crippen molar-refractivity contribution < 1.29 is 60.3 Å². The van der Waals surface area contributed by atoms with E-state index in [1.54, 1.807) is 0 Å². The molecule has 1 amide bonds. The maximum atomic E-state index is 13.8. The number of nitrogens with zero attached hydrogens (tertiary/aromatic N) is 3. The molecule has 1 atom stereocenters. The Labute approximate surface area is 198 Å². The first kappa shape index (κ1) is 29.3. The summed E-state index contributed by atoms with van der Waals surface area (Å²) in [6, 6.07) is -0.00786. The van der Waals surface area contributed by atoms with Gasteiger partial charge in [-0.15, -0.1) is 0 Å². The second-order valence-electron chi connectivity index (χ2n) is 7.54. The van der Waals surface area contributed by atoms with Crippen molar-refractivity contribution >= 4 is 19.7 Å². The quantitative estimate of drug-likeness (QED) is 0.210. The van der Waals surface area contributed by atoms with Crippen molar-refractivity contribution in [2.45, 2.75) is 38.1 Å². The van der Waals surface area contributed by atoms with Gasteiger partial charge in [0, 0.05) is 31.6 Å². The van der Waals surface area contributed by atoms with Gasteiger partial charge in [-0.05, 0) is 18.1 Å². The fraction of sp³-hybridized carbons (Fsp3) is 0.389. The number of rotatable bonds is 5. The lowest BCUT2D eigenvalue weighted by Crippen LogP contribution is -2.42. The summed E-state index contributed by atoms with van der Waals surface area (Å²) >= 11 is 0. The molecule has 1 aliphatic rings. The Kier molecular flexibility index (Phi) is 8.91. The minimum absolute atomic E-state index is 0.156. The van der Waals surface area contributed by atoms with E-state index in [-0.39, 0.29) is 37.2 Å².